The first-order valence-corrected chi connectivity index (χ1v) is 5.50. The van der Waals surface area contributed by atoms with Crippen molar-refractivity contribution in [3.63, 3.8) is 0 Å². The zero-order valence-electron chi connectivity index (χ0n) is 8.53. The van der Waals surface area contributed by atoms with Crippen LogP contribution in [-0.2, 0) is 13.2 Å². The zero-order chi connectivity index (χ0) is 12.8. The van der Waals surface area contributed by atoms with Gasteiger partial charge in [0.1, 0.15) is 5.82 Å². The van der Waals surface area contributed by atoms with Crippen molar-refractivity contribution in [1.29, 1.82) is 0 Å². The summed E-state index contributed by atoms with van der Waals surface area (Å²) in [4.78, 5) is 0. The SMILES string of the molecule is Cn1ccc(-n2nc(C(F)(F)F)c(I)c2N)n1. The lowest BCUT2D eigenvalue weighted by Gasteiger charge is -2.01. The molecule has 92 valence electrons. The van der Waals surface area contributed by atoms with Crippen LogP contribution in [0, 0.1) is 3.57 Å². The van der Waals surface area contributed by atoms with Gasteiger partial charge >= 0.3 is 6.18 Å². The van der Waals surface area contributed by atoms with E-state index in [-0.39, 0.29) is 15.2 Å². The summed E-state index contributed by atoms with van der Waals surface area (Å²) in [6.07, 6.45) is -2.93. The number of hydrogen-bond acceptors (Lipinski definition) is 3. The van der Waals surface area contributed by atoms with Crippen LogP contribution in [-0.4, -0.2) is 19.6 Å². The predicted octanol–water partition coefficient (Wildman–Crippen LogP) is 1.81. The quantitative estimate of drug-likeness (QED) is 0.792. The van der Waals surface area contributed by atoms with E-state index in [1.165, 1.54) is 33.3 Å². The summed E-state index contributed by atoms with van der Waals surface area (Å²) in [7, 11) is 1.65. The third-order valence-electron chi connectivity index (χ3n) is 2.05. The molecule has 2 aromatic rings. The number of rotatable bonds is 1. The number of nitrogens with zero attached hydrogens (tertiary/aromatic N) is 4. The van der Waals surface area contributed by atoms with Gasteiger partial charge in [0.2, 0.25) is 0 Å². The maximum atomic E-state index is 12.6. The van der Waals surface area contributed by atoms with Crippen molar-refractivity contribution in [2.75, 3.05) is 5.73 Å². The van der Waals surface area contributed by atoms with E-state index in [9.17, 15) is 13.2 Å². The molecule has 0 aliphatic heterocycles. The summed E-state index contributed by atoms with van der Waals surface area (Å²) < 4.78 is 40.1. The van der Waals surface area contributed by atoms with E-state index in [1.54, 1.807) is 13.2 Å². The fourth-order valence-corrected chi connectivity index (χ4v) is 1.93. The van der Waals surface area contributed by atoms with Crippen LogP contribution in [0.15, 0.2) is 12.3 Å². The van der Waals surface area contributed by atoms with Crippen LogP contribution < -0.4 is 5.73 Å². The first-order valence-electron chi connectivity index (χ1n) is 4.42. The number of nitrogens with two attached hydrogens (primary N) is 1. The lowest BCUT2D eigenvalue weighted by molar-refractivity contribution is -0.142. The zero-order valence-corrected chi connectivity index (χ0v) is 10.7. The summed E-state index contributed by atoms with van der Waals surface area (Å²) in [5.74, 6) is 0.176. The summed E-state index contributed by atoms with van der Waals surface area (Å²) in [6.45, 7) is 0. The molecule has 0 atom stereocenters. The number of aryl methyl sites for hydroxylation is 1. The summed E-state index contributed by atoms with van der Waals surface area (Å²) in [5, 5.41) is 7.39. The molecule has 0 saturated heterocycles. The average molecular weight is 357 g/mol. The summed E-state index contributed by atoms with van der Waals surface area (Å²) in [6, 6.07) is 1.53. The van der Waals surface area contributed by atoms with E-state index in [0.717, 1.165) is 4.68 Å². The van der Waals surface area contributed by atoms with Crippen LogP contribution in [0.1, 0.15) is 5.69 Å². The van der Waals surface area contributed by atoms with Crippen molar-refractivity contribution in [3.05, 3.63) is 21.5 Å². The van der Waals surface area contributed by atoms with Gasteiger partial charge in [0.05, 0.1) is 3.57 Å². The second-order valence-corrected chi connectivity index (χ2v) is 4.38. The lowest BCUT2D eigenvalue weighted by atomic mass is 10.4. The van der Waals surface area contributed by atoms with Crippen molar-refractivity contribution in [2.45, 2.75) is 6.18 Å². The number of anilines is 1. The third kappa shape index (κ3) is 2.10. The highest BCUT2D eigenvalue weighted by Crippen LogP contribution is 2.35. The first-order chi connectivity index (χ1) is 7.80. The van der Waals surface area contributed by atoms with Gasteiger partial charge in [0.15, 0.2) is 11.5 Å². The Balaban J connectivity index is 2.58. The summed E-state index contributed by atoms with van der Waals surface area (Å²) in [5.41, 5.74) is 4.59. The Bertz CT molecular complexity index is 556. The van der Waals surface area contributed by atoms with Crippen LogP contribution >= 0.6 is 22.6 Å². The van der Waals surface area contributed by atoms with E-state index in [1.807, 2.05) is 0 Å². The number of hydrogen-bond donors (Lipinski definition) is 1. The van der Waals surface area contributed by atoms with Gasteiger partial charge in [-0.05, 0) is 22.6 Å². The smallest absolute Gasteiger partial charge is 0.383 e. The number of alkyl halides is 3. The van der Waals surface area contributed by atoms with Gasteiger partial charge in [-0.1, -0.05) is 0 Å². The Morgan fingerprint density at radius 1 is 1.35 bits per heavy atom. The molecule has 0 aliphatic carbocycles. The number of halogens is 4. The van der Waals surface area contributed by atoms with Crippen LogP contribution in [0.25, 0.3) is 5.82 Å². The van der Waals surface area contributed by atoms with E-state index < -0.39 is 11.9 Å². The second-order valence-electron chi connectivity index (χ2n) is 3.30. The molecule has 0 aliphatic rings. The minimum absolute atomic E-state index is 0.0726. The van der Waals surface area contributed by atoms with Gasteiger partial charge in [-0.3, -0.25) is 4.68 Å². The molecule has 0 radical (unpaired) electrons. The van der Waals surface area contributed by atoms with Crippen LogP contribution in [0.2, 0.25) is 0 Å². The molecular weight excluding hydrogens is 350 g/mol. The highest BCUT2D eigenvalue weighted by Gasteiger charge is 2.38. The molecule has 0 aromatic carbocycles. The van der Waals surface area contributed by atoms with Gasteiger partial charge < -0.3 is 5.73 Å². The first kappa shape index (κ1) is 12.2. The highest BCUT2D eigenvalue weighted by molar-refractivity contribution is 14.1. The third-order valence-corrected chi connectivity index (χ3v) is 3.11. The van der Waals surface area contributed by atoms with Crippen LogP contribution in [0.5, 0.6) is 0 Å². The molecule has 9 heteroatoms. The van der Waals surface area contributed by atoms with Gasteiger partial charge in [-0.2, -0.15) is 28.1 Å². The second kappa shape index (κ2) is 3.89. The topological polar surface area (TPSA) is 61.7 Å². The molecular formula is C8H7F3IN5. The van der Waals surface area contributed by atoms with Crippen molar-refractivity contribution in [2.24, 2.45) is 7.05 Å². The molecule has 5 nitrogen and oxygen atoms in total. The fraction of sp³-hybridized carbons (Fsp3) is 0.250. The Morgan fingerprint density at radius 3 is 2.41 bits per heavy atom. The molecule has 0 bridgehead atoms. The average Bonchev–Trinajstić information content (AvgIpc) is 2.73. The minimum Gasteiger partial charge on any atom is -0.383 e. The van der Waals surface area contributed by atoms with Gasteiger partial charge in [0.25, 0.3) is 0 Å². The minimum atomic E-state index is -4.52. The van der Waals surface area contributed by atoms with Crippen molar-refractivity contribution in [3.8, 4) is 5.82 Å². The Kier molecular flexibility index (Phi) is 2.79. The van der Waals surface area contributed by atoms with Gasteiger partial charge in [0, 0.05) is 19.3 Å². The molecule has 0 unspecified atom stereocenters. The maximum absolute atomic E-state index is 12.6. The van der Waals surface area contributed by atoms with E-state index >= 15 is 0 Å². The molecule has 0 fully saturated rings. The standard InChI is InChI=1S/C8H7F3IN5/c1-16-3-2-4(14-16)17-7(13)5(12)6(15-17)8(9,10)11/h2-3H,13H2,1H3. The monoisotopic (exact) mass is 357 g/mol. The molecule has 2 aromatic heterocycles. The Hall–Kier alpha value is -1.26. The number of nitrogen functional groups attached to an aromatic ring is 1. The summed E-state index contributed by atoms with van der Waals surface area (Å²) >= 11 is 1.52. The lowest BCUT2D eigenvalue weighted by Crippen LogP contribution is -2.09. The van der Waals surface area contributed by atoms with E-state index in [2.05, 4.69) is 10.2 Å². The normalized spacial score (nSPS) is 12.1. The largest absolute Gasteiger partial charge is 0.436 e. The van der Waals surface area contributed by atoms with Crippen LogP contribution in [0.3, 0.4) is 0 Å². The molecule has 0 saturated carbocycles. The van der Waals surface area contributed by atoms with E-state index in [4.69, 9.17) is 5.73 Å². The molecule has 0 amide bonds. The van der Waals surface area contributed by atoms with Crippen LogP contribution in [0.4, 0.5) is 19.0 Å². The van der Waals surface area contributed by atoms with E-state index in [0.29, 0.717) is 0 Å². The molecule has 2 N–H and O–H groups in total. The fourth-order valence-electron chi connectivity index (χ4n) is 1.28. The Labute approximate surface area is 108 Å². The predicted molar refractivity (Wildman–Crippen MR) is 62.5 cm³/mol. The molecule has 17 heavy (non-hydrogen) atoms. The highest BCUT2D eigenvalue weighted by atomic mass is 127. The molecule has 2 rings (SSSR count). The van der Waals surface area contributed by atoms with Crippen molar-refractivity contribution < 1.29 is 13.2 Å². The number of aromatic nitrogens is 4. The van der Waals surface area contributed by atoms with Gasteiger partial charge in [-0.15, -0.1) is 0 Å². The van der Waals surface area contributed by atoms with Crippen molar-refractivity contribution >= 4 is 28.4 Å². The molecule has 2 heterocycles. The maximum Gasteiger partial charge on any atom is 0.436 e. The Morgan fingerprint density at radius 2 is 2.00 bits per heavy atom. The van der Waals surface area contributed by atoms with Gasteiger partial charge in [-0.25, -0.2) is 0 Å². The van der Waals surface area contributed by atoms with Crippen molar-refractivity contribution in [1.82, 2.24) is 19.6 Å². The molecule has 0 spiro atoms.